The highest BCUT2D eigenvalue weighted by Gasteiger charge is 1.85. The summed E-state index contributed by atoms with van der Waals surface area (Å²) in [6.45, 7) is 6.30. The second kappa shape index (κ2) is 10.5. The summed E-state index contributed by atoms with van der Waals surface area (Å²) in [5.74, 6) is 6.10. The molecule has 0 rings (SSSR count). The zero-order chi connectivity index (χ0) is 9.07. The lowest BCUT2D eigenvalue weighted by Crippen LogP contribution is -2.15. The third-order valence-corrected chi connectivity index (χ3v) is 1.72. The molecule has 1 heteroatoms. The summed E-state index contributed by atoms with van der Waals surface area (Å²) in [6.07, 6.45) is 6.29. The first-order valence-corrected chi connectivity index (χ1v) is 5.08. The van der Waals surface area contributed by atoms with E-state index in [0.29, 0.717) is 0 Å². The van der Waals surface area contributed by atoms with Crippen LogP contribution < -0.4 is 5.32 Å². The van der Waals surface area contributed by atoms with Crippen molar-refractivity contribution in [2.75, 3.05) is 13.1 Å². The van der Waals surface area contributed by atoms with E-state index in [2.05, 4.69) is 31.0 Å². The molecule has 0 spiro atoms. The van der Waals surface area contributed by atoms with Gasteiger partial charge in [-0.25, -0.2) is 0 Å². The van der Waals surface area contributed by atoms with Gasteiger partial charge in [-0.05, 0) is 13.0 Å². The quantitative estimate of drug-likeness (QED) is 0.473. The van der Waals surface area contributed by atoms with Crippen molar-refractivity contribution in [1.82, 2.24) is 5.32 Å². The van der Waals surface area contributed by atoms with E-state index in [4.69, 9.17) is 0 Å². The van der Waals surface area contributed by atoms with Crippen molar-refractivity contribution in [1.29, 1.82) is 0 Å². The molecule has 0 aliphatic heterocycles. The van der Waals surface area contributed by atoms with Crippen LogP contribution in [0.2, 0.25) is 0 Å². The van der Waals surface area contributed by atoms with Gasteiger partial charge in [-0.15, -0.1) is 5.92 Å². The van der Waals surface area contributed by atoms with Crippen molar-refractivity contribution in [3.63, 3.8) is 0 Å². The van der Waals surface area contributed by atoms with Gasteiger partial charge in [0.2, 0.25) is 0 Å². The van der Waals surface area contributed by atoms with Gasteiger partial charge in [0.25, 0.3) is 0 Å². The SMILES string of the molecule is CCC#CCNCCCCCC. The van der Waals surface area contributed by atoms with Crippen LogP contribution in [-0.4, -0.2) is 13.1 Å². The molecule has 70 valence electrons. The number of nitrogens with one attached hydrogen (secondary N) is 1. The molecule has 0 saturated carbocycles. The molecule has 1 nitrogen and oxygen atoms in total. The van der Waals surface area contributed by atoms with Crippen LogP contribution in [0.3, 0.4) is 0 Å². The maximum atomic E-state index is 3.31. The van der Waals surface area contributed by atoms with Crippen LogP contribution in [-0.2, 0) is 0 Å². The minimum Gasteiger partial charge on any atom is -0.306 e. The maximum absolute atomic E-state index is 3.31. The highest BCUT2D eigenvalue weighted by atomic mass is 14.8. The Morgan fingerprint density at radius 3 is 2.50 bits per heavy atom. The minimum atomic E-state index is 0.861. The molecule has 0 aliphatic rings. The van der Waals surface area contributed by atoms with E-state index in [1.54, 1.807) is 0 Å². The van der Waals surface area contributed by atoms with Gasteiger partial charge in [0.1, 0.15) is 0 Å². The van der Waals surface area contributed by atoms with Crippen LogP contribution in [0, 0.1) is 11.8 Å². The van der Waals surface area contributed by atoms with E-state index in [9.17, 15) is 0 Å². The molecular weight excluding hydrogens is 146 g/mol. The smallest absolute Gasteiger partial charge is 0.0576 e. The molecule has 0 aliphatic carbocycles. The van der Waals surface area contributed by atoms with Crippen LogP contribution in [0.1, 0.15) is 46.0 Å². The van der Waals surface area contributed by atoms with Crippen molar-refractivity contribution < 1.29 is 0 Å². The van der Waals surface area contributed by atoms with Crippen molar-refractivity contribution in [2.45, 2.75) is 46.0 Å². The Morgan fingerprint density at radius 1 is 1.00 bits per heavy atom. The second-order valence-corrected chi connectivity index (χ2v) is 2.94. The van der Waals surface area contributed by atoms with Crippen LogP contribution in [0.25, 0.3) is 0 Å². The standard InChI is InChI=1S/C11H21N/c1-3-5-7-9-11-12-10-8-6-4-2/h12H,3-5,7,9-11H2,1-2H3. The lowest BCUT2D eigenvalue weighted by Gasteiger charge is -1.98. The first-order chi connectivity index (χ1) is 5.91. The fourth-order valence-corrected chi connectivity index (χ4v) is 1.02. The molecule has 0 heterocycles. The van der Waals surface area contributed by atoms with E-state index in [0.717, 1.165) is 19.5 Å². The lowest BCUT2D eigenvalue weighted by atomic mass is 10.2. The Labute approximate surface area is 76.9 Å². The summed E-state index contributed by atoms with van der Waals surface area (Å²) >= 11 is 0. The Balaban J connectivity index is 2.91. The first kappa shape index (κ1) is 11.5. The van der Waals surface area contributed by atoms with Crippen LogP contribution in [0.15, 0.2) is 0 Å². The van der Waals surface area contributed by atoms with Gasteiger partial charge >= 0.3 is 0 Å². The maximum Gasteiger partial charge on any atom is 0.0576 e. The van der Waals surface area contributed by atoms with E-state index >= 15 is 0 Å². The highest BCUT2D eigenvalue weighted by molar-refractivity contribution is 4.99. The van der Waals surface area contributed by atoms with Crippen molar-refractivity contribution in [3.05, 3.63) is 0 Å². The predicted octanol–water partition coefficient (Wildman–Crippen LogP) is 2.57. The van der Waals surface area contributed by atoms with Gasteiger partial charge in [-0.1, -0.05) is 39.0 Å². The number of rotatable bonds is 6. The molecular formula is C11H21N. The number of hydrogen-bond donors (Lipinski definition) is 1. The molecule has 0 bridgehead atoms. The largest absolute Gasteiger partial charge is 0.306 e. The van der Waals surface area contributed by atoms with E-state index in [-0.39, 0.29) is 0 Å². The molecule has 0 atom stereocenters. The van der Waals surface area contributed by atoms with Crippen molar-refractivity contribution in [2.24, 2.45) is 0 Å². The monoisotopic (exact) mass is 167 g/mol. The molecule has 0 saturated heterocycles. The zero-order valence-electron chi connectivity index (χ0n) is 8.45. The molecule has 0 unspecified atom stereocenters. The summed E-state index contributed by atoms with van der Waals surface area (Å²) in [4.78, 5) is 0. The van der Waals surface area contributed by atoms with Gasteiger partial charge in [-0.3, -0.25) is 0 Å². The lowest BCUT2D eigenvalue weighted by molar-refractivity contribution is 0.623. The third-order valence-electron chi connectivity index (χ3n) is 1.72. The molecule has 1 N–H and O–H groups in total. The van der Waals surface area contributed by atoms with E-state index in [1.165, 1.54) is 25.7 Å². The second-order valence-electron chi connectivity index (χ2n) is 2.94. The van der Waals surface area contributed by atoms with Crippen LogP contribution >= 0.6 is 0 Å². The Hall–Kier alpha value is -0.480. The molecule has 0 amide bonds. The molecule has 0 aromatic rings. The van der Waals surface area contributed by atoms with Gasteiger partial charge in [0.15, 0.2) is 0 Å². The number of hydrogen-bond acceptors (Lipinski definition) is 1. The average Bonchev–Trinajstić information content (AvgIpc) is 2.10. The fourth-order valence-electron chi connectivity index (χ4n) is 1.02. The Morgan fingerprint density at radius 2 is 1.83 bits per heavy atom. The predicted molar refractivity (Wildman–Crippen MR) is 55.1 cm³/mol. The average molecular weight is 167 g/mol. The Kier molecular flexibility index (Phi) is 10.1. The summed E-state index contributed by atoms with van der Waals surface area (Å²) < 4.78 is 0. The molecule has 12 heavy (non-hydrogen) atoms. The van der Waals surface area contributed by atoms with Gasteiger partial charge in [0, 0.05) is 6.42 Å². The summed E-state index contributed by atoms with van der Waals surface area (Å²) in [5, 5.41) is 3.31. The van der Waals surface area contributed by atoms with Crippen LogP contribution in [0.5, 0.6) is 0 Å². The van der Waals surface area contributed by atoms with Crippen molar-refractivity contribution in [3.8, 4) is 11.8 Å². The summed E-state index contributed by atoms with van der Waals surface area (Å²) in [6, 6.07) is 0. The molecule has 0 fully saturated rings. The number of unbranched alkanes of at least 4 members (excludes halogenated alkanes) is 3. The van der Waals surface area contributed by atoms with Crippen LogP contribution in [0.4, 0.5) is 0 Å². The normalized spacial score (nSPS) is 9.17. The molecule has 0 radical (unpaired) electrons. The summed E-state index contributed by atoms with van der Waals surface area (Å²) in [5.41, 5.74) is 0. The van der Waals surface area contributed by atoms with Gasteiger partial charge < -0.3 is 5.32 Å². The zero-order valence-corrected chi connectivity index (χ0v) is 8.45. The third kappa shape index (κ3) is 9.52. The van der Waals surface area contributed by atoms with Gasteiger partial charge in [0.05, 0.1) is 6.54 Å². The minimum absolute atomic E-state index is 0.861. The Bertz CT molecular complexity index is 130. The topological polar surface area (TPSA) is 12.0 Å². The molecule has 0 aromatic carbocycles. The molecule has 0 aromatic heterocycles. The van der Waals surface area contributed by atoms with Gasteiger partial charge in [-0.2, -0.15) is 0 Å². The van der Waals surface area contributed by atoms with E-state index in [1.807, 2.05) is 0 Å². The van der Waals surface area contributed by atoms with E-state index < -0.39 is 0 Å². The first-order valence-electron chi connectivity index (χ1n) is 5.08. The fraction of sp³-hybridized carbons (Fsp3) is 0.818. The van der Waals surface area contributed by atoms with Crippen molar-refractivity contribution >= 4 is 0 Å². The highest BCUT2D eigenvalue weighted by Crippen LogP contribution is 1.96. The summed E-state index contributed by atoms with van der Waals surface area (Å²) in [7, 11) is 0.